The molecule has 128 valence electrons. The van der Waals surface area contributed by atoms with Crippen LogP contribution in [0, 0.1) is 5.92 Å². The van der Waals surface area contributed by atoms with E-state index in [4.69, 9.17) is 16.1 Å². The molecule has 0 spiro atoms. The first kappa shape index (κ1) is 17.0. The predicted molar refractivity (Wildman–Crippen MR) is 91.9 cm³/mol. The molecule has 6 heteroatoms. The summed E-state index contributed by atoms with van der Waals surface area (Å²) < 4.78 is 5.31. The Morgan fingerprint density at radius 2 is 2.17 bits per heavy atom. The smallest absolute Gasteiger partial charge is 0.259 e. The SMILES string of the molecule is CC(C)(O)C1CCCN(C(=O)c2cnoc2-c2ccccc2Cl)C1. The number of carbonyl (C=O) groups is 1. The summed E-state index contributed by atoms with van der Waals surface area (Å²) >= 11 is 6.22. The summed E-state index contributed by atoms with van der Waals surface area (Å²) in [4.78, 5) is 14.7. The monoisotopic (exact) mass is 348 g/mol. The van der Waals surface area contributed by atoms with Crippen LogP contribution >= 0.6 is 11.6 Å². The standard InChI is InChI=1S/C18H21ClN2O3/c1-18(2,23)12-6-5-9-21(11-12)17(22)14-10-20-24-16(14)13-7-3-4-8-15(13)19/h3-4,7-8,10,12,23H,5-6,9,11H2,1-2H3. The summed E-state index contributed by atoms with van der Waals surface area (Å²) in [5.41, 5.74) is 0.245. The Morgan fingerprint density at radius 1 is 1.42 bits per heavy atom. The lowest BCUT2D eigenvalue weighted by Crippen LogP contribution is -2.46. The first-order valence-electron chi connectivity index (χ1n) is 8.09. The Balaban J connectivity index is 1.87. The van der Waals surface area contributed by atoms with Crippen molar-refractivity contribution in [1.82, 2.24) is 10.1 Å². The molecule has 1 aromatic heterocycles. The second-order valence-corrected chi connectivity index (χ2v) is 7.20. The maximum Gasteiger partial charge on any atom is 0.259 e. The number of amides is 1. The fraction of sp³-hybridized carbons (Fsp3) is 0.444. The van der Waals surface area contributed by atoms with Crippen LogP contribution in [-0.2, 0) is 0 Å². The number of carbonyl (C=O) groups excluding carboxylic acids is 1. The summed E-state index contributed by atoms with van der Waals surface area (Å²) in [5, 5.41) is 14.6. The van der Waals surface area contributed by atoms with Crippen LogP contribution in [-0.4, -0.2) is 39.8 Å². The quantitative estimate of drug-likeness (QED) is 0.920. The Kier molecular flexibility index (Phi) is 4.65. The van der Waals surface area contributed by atoms with Crippen LogP contribution in [0.1, 0.15) is 37.0 Å². The van der Waals surface area contributed by atoms with Crippen LogP contribution < -0.4 is 0 Å². The normalized spacial score (nSPS) is 18.7. The fourth-order valence-corrected chi connectivity index (χ4v) is 3.36. The molecule has 2 aromatic rings. The Bertz CT molecular complexity index is 736. The van der Waals surface area contributed by atoms with Gasteiger partial charge in [-0.2, -0.15) is 0 Å². The molecule has 1 aromatic carbocycles. The van der Waals surface area contributed by atoms with Gasteiger partial charge < -0.3 is 14.5 Å². The lowest BCUT2D eigenvalue weighted by Gasteiger charge is -2.38. The van der Waals surface area contributed by atoms with E-state index >= 15 is 0 Å². The maximum absolute atomic E-state index is 12.9. The lowest BCUT2D eigenvalue weighted by molar-refractivity contribution is -0.0146. The van der Waals surface area contributed by atoms with E-state index in [-0.39, 0.29) is 11.8 Å². The van der Waals surface area contributed by atoms with Crippen LogP contribution in [0.4, 0.5) is 0 Å². The zero-order chi connectivity index (χ0) is 17.3. The zero-order valence-electron chi connectivity index (χ0n) is 13.8. The van der Waals surface area contributed by atoms with Gasteiger partial charge in [-0.3, -0.25) is 4.79 Å². The van der Waals surface area contributed by atoms with Crippen LogP contribution in [0.3, 0.4) is 0 Å². The van der Waals surface area contributed by atoms with Gasteiger partial charge in [-0.15, -0.1) is 0 Å². The van der Waals surface area contributed by atoms with E-state index in [0.717, 1.165) is 12.8 Å². The zero-order valence-corrected chi connectivity index (χ0v) is 14.6. The van der Waals surface area contributed by atoms with Crippen LogP contribution in [0.2, 0.25) is 5.02 Å². The molecule has 1 unspecified atom stereocenters. The van der Waals surface area contributed by atoms with Crippen molar-refractivity contribution < 1.29 is 14.4 Å². The molecular weight excluding hydrogens is 328 g/mol. The van der Waals surface area contributed by atoms with Gasteiger partial charge in [0.15, 0.2) is 5.76 Å². The number of rotatable bonds is 3. The number of hydrogen-bond acceptors (Lipinski definition) is 4. The molecule has 0 radical (unpaired) electrons. The highest BCUT2D eigenvalue weighted by Crippen LogP contribution is 2.32. The van der Waals surface area contributed by atoms with E-state index in [0.29, 0.717) is 35.0 Å². The summed E-state index contributed by atoms with van der Waals surface area (Å²) in [6.45, 7) is 4.77. The predicted octanol–water partition coefficient (Wildman–Crippen LogP) is 3.62. The van der Waals surface area contributed by atoms with Crippen LogP contribution in [0.15, 0.2) is 35.0 Å². The van der Waals surface area contributed by atoms with Crippen LogP contribution in [0.25, 0.3) is 11.3 Å². The minimum absolute atomic E-state index is 0.0545. The molecule has 0 bridgehead atoms. The largest absolute Gasteiger partial charge is 0.390 e. The number of nitrogens with zero attached hydrogens (tertiary/aromatic N) is 2. The molecule has 1 atom stereocenters. The van der Waals surface area contributed by atoms with Gasteiger partial charge in [0, 0.05) is 24.6 Å². The molecule has 1 saturated heterocycles. The van der Waals surface area contributed by atoms with Gasteiger partial charge in [0.05, 0.1) is 16.8 Å². The van der Waals surface area contributed by atoms with Crippen molar-refractivity contribution in [1.29, 1.82) is 0 Å². The van der Waals surface area contributed by atoms with E-state index in [9.17, 15) is 9.90 Å². The first-order chi connectivity index (χ1) is 11.4. The molecule has 3 rings (SSSR count). The summed E-state index contributed by atoms with van der Waals surface area (Å²) in [5.74, 6) is 0.301. The maximum atomic E-state index is 12.9. The summed E-state index contributed by atoms with van der Waals surface area (Å²) in [6.07, 6.45) is 3.22. The van der Waals surface area contributed by atoms with Crippen molar-refractivity contribution >= 4 is 17.5 Å². The molecule has 1 amide bonds. The highest BCUT2D eigenvalue weighted by molar-refractivity contribution is 6.33. The van der Waals surface area contributed by atoms with Crippen molar-refractivity contribution in [2.24, 2.45) is 5.92 Å². The molecule has 2 heterocycles. The average Bonchev–Trinajstić information content (AvgIpc) is 3.03. The van der Waals surface area contributed by atoms with Crippen molar-refractivity contribution in [3.63, 3.8) is 0 Å². The highest BCUT2D eigenvalue weighted by atomic mass is 35.5. The van der Waals surface area contributed by atoms with Gasteiger partial charge >= 0.3 is 0 Å². The second-order valence-electron chi connectivity index (χ2n) is 6.79. The molecule has 1 fully saturated rings. The van der Waals surface area contributed by atoms with Crippen molar-refractivity contribution in [2.75, 3.05) is 13.1 Å². The second kappa shape index (κ2) is 6.57. The van der Waals surface area contributed by atoms with Crippen molar-refractivity contribution in [3.05, 3.63) is 41.0 Å². The third-order valence-electron chi connectivity index (χ3n) is 4.63. The molecule has 1 aliphatic rings. The van der Waals surface area contributed by atoms with Crippen LogP contribution in [0.5, 0.6) is 0 Å². The third kappa shape index (κ3) is 3.32. The van der Waals surface area contributed by atoms with Gasteiger partial charge in [0.2, 0.25) is 0 Å². The van der Waals surface area contributed by atoms with Gasteiger partial charge in [0.25, 0.3) is 5.91 Å². The van der Waals surface area contributed by atoms with Gasteiger partial charge in [-0.25, -0.2) is 0 Å². The Labute approximate surface area is 146 Å². The van der Waals surface area contributed by atoms with E-state index in [2.05, 4.69) is 5.16 Å². The fourth-order valence-electron chi connectivity index (χ4n) is 3.14. The van der Waals surface area contributed by atoms with Crippen molar-refractivity contribution in [3.8, 4) is 11.3 Å². The van der Waals surface area contributed by atoms with Crippen molar-refractivity contribution in [2.45, 2.75) is 32.3 Å². The topological polar surface area (TPSA) is 66.6 Å². The molecular formula is C18H21ClN2O3. The molecule has 1 aliphatic heterocycles. The average molecular weight is 349 g/mol. The number of halogens is 1. The van der Waals surface area contributed by atoms with E-state index in [1.165, 1.54) is 6.20 Å². The van der Waals surface area contributed by atoms with Gasteiger partial charge in [-0.05, 0) is 38.8 Å². The molecule has 24 heavy (non-hydrogen) atoms. The Hall–Kier alpha value is -1.85. The molecule has 0 aliphatic carbocycles. The lowest BCUT2D eigenvalue weighted by atomic mass is 9.84. The summed E-state index contributed by atoms with van der Waals surface area (Å²) in [7, 11) is 0. The van der Waals surface area contributed by atoms with Gasteiger partial charge in [0.1, 0.15) is 5.56 Å². The summed E-state index contributed by atoms with van der Waals surface area (Å²) in [6, 6.07) is 7.21. The molecule has 1 N–H and O–H groups in total. The number of likely N-dealkylation sites (tertiary alicyclic amines) is 1. The van der Waals surface area contributed by atoms with E-state index in [1.54, 1.807) is 30.9 Å². The number of piperidine rings is 1. The Morgan fingerprint density at radius 3 is 2.88 bits per heavy atom. The van der Waals surface area contributed by atoms with E-state index in [1.807, 2.05) is 12.1 Å². The molecule has 0 saturated carbocycles. The third-order valence-corrected chi connectivity index (χ3v) is 4.96. The number of aliphatic hydroxyl groups is 1. The first-order valence-corrected chi connectivity index (χ1v) is 8.47. The minimum atomic E-state index is -0.806. The number of aromatic nitrogens is 1. The molecule has 5 nitrogen and oxygen atoms in total. The highest BCUT2D eigenvalue weighted by Gasteiger charge is 2.34. The number of benzene rings is 1. The minimum Gasteiger partial charge on any atom is -0.390 e. The van der Waals surface area contributed by atoms with Gasteiger partial charge in [-0.1, -0.05) is 28.9 Å². The van der Waals surface area contributed by atoms with E-state index < -0.39 is 5.60 Å². The number of hydrogen-bond donors (Lipinski definition) is 1.